The van der Waals surface area contributed by atoms with Gasteiger partial charge in [0, 0.05) is 11.9 Å². The lowest BCUT2D eigenvalue weighted by atomic mass is 10.0. The lowest BCUT2D eigenvalue weighted by molar-refractivity contribution is 0.864. The monoisotopic (exact) mass is 240 g/mol. The van der Waals surface area contributed by atoms with Gasteiger partial charge in [-0.3, -0.25) is 4.98 Å². The van der Waals surface area contributed by atoms with Crippen molar-refractivity contribution in [3.05, 3.63) is 59.4 Å². The number of hydrogen-bond donors (Lipinski definition) is 1. The highest BCUT2D eigenvalue weighted by Gasteiger charge is 2.05. The zero-order chi connectivity index (χ0) is 13.0. The Morgan fingerprint density at radius 3 is 2.56 bits per heavy atom. The van der Waals surface area contributed by atoms with E-state index in [0.29, 0.717) is 5.92 Å². The molecule has 0 saturated carbocycles. The molecule has 0 bridgehead atoms. The number of aryl methyl sites for hydroxylation is 1. The van der Waals surface area contributed by atoms with E-state index in [1.54, 1.807) is 0 Å². The van der Waals surface area contributed by atoms with E-state index in [9.17, 15) is 0 Å². The topological polar surface area (TPSA) is 24.9 Å². The Balaban J connectivity index is 2.08. The highest BCUT2D eigenvalue weighted by Crippen LogP contribution is 2.23. The number of hydrogen-bond acceptors (Lipinski definition) is 2. The molecule has 1 aromatic carbocycles. The van der Waals surface area contributed by atoms with E-state index in [2.05, 4.69) is 67.5 Å². The van der Waals surface area contributed by atoms with Crippen LogP contribution in [0.15, 0.2) is 42.6 Å². The van der Waals surface area contributed by atoms with Crippen molar-refractivity contribution in [3.63, 3.8) is 0 Å². The lowest BCUT2D eigenvalue weighted by Gasteiger charge is -2.14. The molecule has 1 heterocycles. The molecule has 18 heavy (non-hydrogen) atoms. The maximum atomic E-state index is 4.41. The molecule has 2 rings (SSSR count). The number of rotatable bonds is 4. The summed E-state index contributed by atoms with van der Waals surface area (Å²) in [5.74, 6) is 0.527. The van der Waals surface area contributed by atoms with Crippen LogP contribution in [0.1, 0.15) is 36.6 Å². The third-order valence-electron chi connectivity index (χ3n) is 3.02. The summed E-state index contributed by atoms with van der Waals surface area (Å²) >= 11 is 0. The fraction of sp³-hybridized carbons (Fsp3) is 0.312. The molecule has 0 aliphatic carbocycles. The van der Waals surface area contributed by atoms with Crippen molar-refractivity contribution in [2.75, 3.05) is 5.32 Å². The van der Waals surface area contributed by atoms with Gasteiger partial charge in [-0.15, -0.1) is 0 Å². The third-order valence-corrected chi connectivity index (χ3v) is 3.02. The molecular weight excluding hydrogens is 220 g/mol. The van der Waals surface area contributed by atoms with Gasteiger partial charge in [0.25, 0.3) is 0 Å². The fourth-order valence-corrected chi connectivity index (χ4v) is 1.95. The predicted molar refractivity (Wildman–Crippen MR) is 76.8 cm³/mol. The predicted octanol–water partition coefficient (Wildman–Crippen LogP) is 4.13. The van der Waals surface area contributed by atoms with Crippen LogP contribution in [0.2, 0.25) is 0 Å². The number of aromatic nitrogens is 1. The molecule has 94 valence electrons. The Kier molecular flexibility index (Phi) is 3.98. The molecule has 0 radical (unpaired) electrons. The van der Waals surface area contributed by atoms with E-state index < -0.39 is 0 Å². The molecule has 0 aliphatic rings. The van der Waals surface area contributed by atoms with Gasteiger partial charge in [-0.25, -0.2) is 0 Å². The third kappa shape index (κ3) is 3.10. The zero-order valence-corrected chi connectivity index (χ0v) is 11.3. The summed E-state index contributed by atoms with van der Waals surface area (Å²) in [7, 11) is 0. The second kappa shape index (κ2) is 5.67. The van der Waals surface area contributed by atoms with E-state index in [1.165, 1.54) is 16.8 Å². The minimum absolute atomic E-state index is 0.527. The summed E-state index contributed by atoms with van der Waals surface area (Å²) in [5.41, 5.74) is 4.82. The Morgan fingerprint density at radius 1 is 1.11 bits per heavy atom. The van der Waals surface area contributed by atoms with E-state index in [0.717, 1.165) is 12.2 Å². The SMILES string of the molecule is Cc1ccc(CNc2ccccc2C(C)C)nc1. The van der Waals surface area contributed by atoms with Gasteiger partial charge in [-0.2, -0.15) is 0 Å². The van der Waals surface area contributed by atoms with Crippen LogP contribution in [0, 0.1) is 6.92 Å². The maximum absolute atomic E-state index is 4.41. The molecule has 0 fully saturated rings. The molecule has 0 aliphatic heterocycles. The number of nitrogens with zero attached hydrogens (tertiary/aromatic N) is 1. The summed E-state index contributed by atoms with van der Waals surface area (Å²) in [6.45, 7) is 7.25. The smallest absolute Gasteiger partial charge is 0.0594 e. The fourth-order valence-electron chi connectivity index (χ4n) is 1.95. The van der Waals surface area contributed by atoms with Crippen molar-refractivity contribution in [1.29, 1.82) is 0 Å². The number of pyridine rings is 1. The van der Waals surface area contributed by atoms with E-state index in [4.69, 9.17) is 0 Å². The van der Waals surface area contributed by atoms with Gasteiger partial charge in [-0.05, 0) is 36.1 Å². The molecule has 0 spiro atoms. The first-order valence-electron chi connectivity index (χ1n) is 6.41. The molecule has 1 aromatic heterocycles. The van der Waals surface area contributed by atoms with Crippen LogP contribution in [0.25, 0.3) is 0 Å². The van der Waals surface area contributed by atoms with Gasteiger partial charge in [0.05, 0.1) is 12.2 Å². The number of benzene rings is 1. The summed E-state index contributed by atoms with van der Waals surface area (Å²) in [6, 6.07) is 12.6. The first-order chi connectivity index (χ1) is 8.66. The van der Waals surface area contributed by atoms with Crippen LogP contribution in [-0.2, 0) is 6.54 Å². The van der Waals surface area contributed by atoms with E-state index in [1.807, 2.05) is 6.20 Å². The number of anilines is 1. The Morgan fingerprint density at radius 2 is 1.89 bits per heavy atom. The van der Waals surface area contributed by atoms with Crippen LogP contribution in [0.3, 0.4) is 0 Å². The summed E-state index contributed by atoms with van der Waals surface area (Å²) in [6.07, 6.45) is 1.91. The Hall–Kier alpha value is -1.83. The molecular formula is C16H20N2. The molecule has 0 atom stereocenters. The quantitative estimate of drug-likeness (QED) is 0.869. The average molecular weight is 240 g/mol. The first kappa shape index (κ1) is 12.6. The van der Waals surface area contributed by atoms with E-state index in [-0.39, 0.29) is 0 Å². The Bertz CT molecular complexity index is 501. The van der Waals surface area contributed by atoms with E-state index >= 15 is 0 Å². The standard InChI is InChI=1S/C16H20N2/c1-12(2)15-6-4-5-7-16(15)18-11-14-9-8-13(3)10-17-14/h4-10,12,18H,11H2,1-3H3. The minimum Gasteiger partial charge on any atom is -0.379 e. The second-order valence-electron chi connectivity index (χ2n) is 4.92. The summed E-state index contributed by atoms with van der Waals surface area (Å²) < 4.78 is 0. The largest absolute Gasteiger partial charge is 0.379 e. The van der Waals surface area contributed by atoms with Crippen molar-refractivity contribution < 1.29 is 0 Å². The van der Waals surface area contributed by atoms with Gasteiger partial charge >= 0.3 is 0 Å². The van der Waals surface area contributed by atoms with Crippen LogP contribution in [-0.4, -0.2) is 4.98 Å². The van der Waals surface area contributed by atoms with Gasteiger partial charge in [-0.1, -0.05) is 38.1 Å². The van der Waals surface area contributed by atoms with Crippen molar-refractivity contribution in [1.82, 2.24) is 4.98 Å². The normalized spacial score (nSPS) is 10.7. The lowest BCUT2D eigenvalue weighted by Crippen LogP contribution is -2.04. The summed E-state index contributed by atoms with van der Waals surface area (Å²) in [4.78, 5) is 4.41. The molecule has 0 amide bonds. The maximum Gasteiger partial charge on any atom is 0.0594 e. The van der Waals surface area contributed by atoms with Crippen LogP contribution in [0.4, 0.5) is 5.69 Å². The average Bonchev–Trinajstić information content (AvgIpc) is 2.38. The molecule has 2 nitrogen and oxygen atoms in total. The molecule has 1 N–H and O–H groups in total. The second-order valence-corrected chi connectivity index (χ2v) is 4.92. The molecule has 0 unspecified atom stereocenters. The molecule has 2 heteroatoms. The van der Waals surface area contributed by atoms with Crippen molar-refractivity contribution in [3.8, 4) is 0 Å². The minimum atomic E-state index is 0.527. The number of nitrogens with one attached hydrogen (secondary N) is 1. The Labute approximate surface area is 109 Å². The van der Waals surface area contributed by atoms with Crippen LogP contribution in [0.5, 0.6) is 0 Å². The molecule has 0 saturated heterocycles. The highest BCUT2D eigenvalue weighted by molar-refractivity contribution is 5.52. The highest BCUT2D eigenvalue weighted by atomic mass is 14.9. The van der Waals surface area contributed by atoms with Gasteiger partial charge in [0.2, 0.25) is 0 Å². The number of para-hydroxylation sites is 1. The van der Waals surface area contributed by atoms with Crippen LogP contribution >= 0.6 is 0 Å². The van der Waals surface area contributed by atoms with Gasteiger partial charge in [0.15, 0.2) is 0 Å². The van der Waals surface area contributed by atoms with Crippen molar-refractivity contribution >= 4 is 5.69 Å². The molecule has 2 aromatic rings. The van der Waals surface area contributed by atoms with Crippen LogP contribution < -0.4 is 5.32 Å². The summed E-state index contributed by atoms with van der Waals surface area (Å²) in [5, 5.41) is 3.47. The van der Waals surface area contributed by atoms with Crippen molar-refractivity contribution in [2.24, 2.45) is 0 Å². The van der Waals surface area contributed by atoms with Gasteiger partial charge in [0.1, 0.15) is 0 Å². The van der Waals surface area contributed by atoms with Crippen molar-refractivity contribution in [2.45, 2.75) is 33.2 Å². The van der Waals surface area contributed by atoms with Gasteiger partial charge < -0.3 is 5.32 Å². The first-order valence-corrected chi connectivity index (χ1v) is 6.41. The zero-order valence-electron chi connectivity index (χ0n) is 11.3.